The van der Waals surface area contributed by atoms with E-state index in [2.05, 4.69) is 0 Å². The Labute approximate surface area is 70.2 Å². The molecule has 0 spiro atoms. The zero-order chi connectivity index (χ0) is 9.19. The van der Waals surface area contributed by atoms with Gasteiger partial charge in [0.15, 0.2) is 0 Å². The smallest absolute Gasteiger partial charge is 0.329 e. The zero-order valence-electron chi connectivity index (χ0n) is 6.34. The summed E-state index contributed by atoms with van der Waals surface area (Å²) in [5, 5.41) is 0. The molecule has 0 aliphatic heterocycles. The molecule has 12 heavy (non-hydrogen) atoms. The predicted molar refractivity (Wildman–Crippen MR) is 46.6 cm³/mol. The Morgan fingerprint density at radius 3 is 2.42 bits per heavy atom. The maximum Gasteiger partial charge on any atom is 0.329 e. The summed E-state index contributed by atoms with van der Waals surface area (Å²) in [4.78, 5) is 17.3. The molecular weight excluding hydrogens is 177 g/mol. The Bertz CT molecular complexity index is 320. The van der Waals surface area contributed by atoms with Gasteiger partial charge in [0.25, 0.3) is 0 Å². The molecule has 5 heteroatoms. The third-order valence-electron chi connectivity index (χ3n) is 1.43. The van der Waals surface area contributed by atoms with Crippen molar-refractivity contribution in [2.45, 2.75) is 6.16 Å². The fraction of sp³-hybridized carbons (Fsp3) is 0.143. The first-order valence-corrected chi connectivity index (χ1v) is 5.17. The highest BCUT2D eigenvalue weighted by Crippen LogP contribution is 2.40. The maximum atomic E-state index is 10.6. The predicted octanol–water partition coefficient (Wildman–Crippen LogP) is 0.946. The summed E-state index contributed by atoms with van der Waals surface area (Å²) in [6.45, 7) is 0. The fourth-order valence-corrected chi connectivity index (χ4v) is 1.63. The Balaban J connectivity index is 2.90. The standard InChI is InChI=1S/C7H10NO3P/c8-7-4-2-1-3-6(7)5-12(9,10)11/h1-4H,5,8H2,(H2,9,10,11). The molecule has 0 heterocycles. The largest absolute Gasteiger partial charge is 0.398 e. The summed E-state index contributed by atoms with van der Waals surface area (Å²) in [6.07, 6.45) is -0.292. The number of rotatable bonds is 2. The van der Waals surface area contributed by atoms with Crippen molar-refractivity contribution in [2.24, 2.45) is 0 Å². The van der Waals surface area contributed by atoms with Crippen LogP contribution >= 0.6 is 7.60 Å². The van der Waals surface area contributed by atoms with Crippen LogP contribution in [0.25, 0.3) is 0 Å². The summed E-state index contributed by atoms with van der Waals surface area (Å²) in [5.41, 5.74) is 6.39. The van der Waals surface area contributed by atoms with Gasteiger partial charge in [-0.3, -0.25) is 4.57 Å². The molecule has 0 bridgehead atoms. The Morgan fingerprint density at radius 1 is 1.33 bits per heavy atom. The van der Waals surface area contributed by atoms with Crippen molar-refractivity contribution in [3.8, 4) is 0 Å². The average molecular weight is 187 g/mol. The molecule has 0 amide bonds. The molecule has 0 aliphatic carbocycles. The van der Waals surface area contributed by atoms with E-state index >= 15 is 0 Å². The first kappa shape index (κ1) is 9.26. The van der Waals surface area contributed by atoms with Gasteiger partial charge in [-0.25, -0.2) is 0 Å². The van der Waals surface area contributed by atoms with Crippen LogP contribution in [0.2, 0.25) is 0 Å². The molecule has 1 aromatic carbocycles. The maximum absolute atomic E-state index is 10.6. The van der Waals surface area contributed by atoms with E-state index in [-0.39, 0.29) is 6.16 Å². The van der Waals surface area contributed by atoms with Gasteiger partial charge in [0.05, 0.1) is 6.16 Å². The summed E-state index contributed by atoms with van der Waals surface area (Å²) >= 11 is 0. The van der Waals surface area contributed by atoms with Crippen LogP contribution in [0.5, 0.6) is 0 Å². The highest BCUT2D eigenvalue weighted by molar-refractivity contribution is 7.50. The topological polar surface area (TPSA) is 83.6 Å². The van der Waals surface area contributed by atoms with Crippen molar-refractivity contribution >= 4 is 13.3 Å². The molecule has 0 saturated carbocycles. The summed E-state index contributed by atoms with van der Waals surface area (Å²) in [7, 11) is -3.99. The lowest BCUT2D eigenvalue weighted by molar-refractivity contribution is 0.372. The van der Waals surface area contributed by atoms with Crippen molar-refractivity contribution in [1.82, 2.24) is 0 Å². The van der Waals surface area contributed by atoms with Gasteiger partial charge >= 0.3 is 7.60 Å². The Hall–Kier alpha value is -0.830. The zero-order valence-corrected chi connectivity index (χ0v) is 7.24. The third kappa shape index (κ3) is 2.66. The molecule has 1 aromatic rings. The molecule has 0 aromatic heterocycles. The Morgan fingerprint density at radius 2 is 1.92 bits per heavy atom. The molecule has 66 valence electrons. The van der Waals surface area contributed by atoms with E-state index in [1.165, 1.54) is 0 Å². The number of nitrogens with two attached hydrogens (primary N) is 1. The minimum Gasteiger partial charge on any atom is -0.398 e. The van der Waals surface area contributed by atoms with Crippen LogP contribution in [0.1, 0.15) is 5.56 Å². The number of para-hydroxylation sites is 1. The van der Waals surface area contributed by atoms with E-state index in [4.69, 9.17) is 15.5 Å². The minimum absolute atomic E-state index is 0.292. The highest BCUT2D eigenvalue weighted by Gasteiger charge is 2.14. The van der Waals surface area contributed by atoms with E-state index in [9.17, 15) is 4.57 Å². The number of anilines is 1. The second-order valence-corrected chi connectivity index (χ2v) is 4.17. The molecule has 4 N–H and O–H groups in total. The van der Waals surface area contributed by atoms with Crippen molar-refractivity contribution in [3.63, 3.8) is 0 Å². The SMILES string of the molecule is Nc1ccccc1CP(=O)(O)O. The second kappa shape index (κ2) is 3.27. The first-order valence-electron chi connectivity index (χ1n) is 3.37. The van der Waals surface area contributed by atoms with Crippen LogP contribution in [0.3, 0.4) is 0 Å². The van der Waals surface area contributed by atoms with E-state index in [1.54, 1.807) is 24.3 Å². The summed E-state index contributed by atoms with van der Waals surface area (Å²) in [5.74, 6) is 0. The van der Waals surface area contributed by atoms with Crippen LogP contribution in [0.4, 0.5) is 5.69 Å². The number of hydrogen-bond acceptors (Lipinski definition) is 2. The van der Waals surface area contributed by atoms with Crippen LogP contribution in [-0.4, -0.2) is 9.79 Å². The Kier molecular flexibility index (Phi) is 2.52. The van der Waals surface area contributed by atoms with Crippen molar-refractivity contribution in [1.29, 1.82) is 0 Å². The quantitative estimate of drug-likeness (QED) is 0.475. The van der Waals surface area contributed by atoms with Crippen LogP contribution in [0, 0.1) is 0 Å². The average Bonchev–Trinajstić information content (AvgIpc) is 1.91. The molecule has 0 radical (unpaired) electrons. The van der Waals surface area contributed by atoms with Crippen LogP contribution < -0.4 is 5.73 Å². The lowest BCUT2D eigenvalue weighted by Gasteiger charge is -2.05. The van der Waals surface area contributed by atoms with Gasteiger partial charge in [-0.2, -0.15) is 0 Å². The van der Waals surface area contributed by atoms with E-state index < -0.39 is 7.60 Å². The molecule has 0 atom stereocenters. The highest BCUT2D eigenvalue weighted by atomic mass is 31.2. The van der Waals surface area contributed by atoms with Crippen LogP contribution in [-0.2, 0) is 10.7 Å². The number of nitrogen functional groups attached to an aromatic ring is 1. The second-order valence-electron chi connectivity index (χ2n) is 2.52. The first-order chi connectivity index (χ1) is 5.49. The fourth-order valence-electron chi connectivity index (χ4n) is 0.900. The third-order valence-corrected chi connectivity index (χ3v) is 2.18. The van der Waals surface area contributed by atoms with E-state index in [1.807, 2.05) is 0 Å². The van der Waals surface area contributed by atoms with Crippen molar-refractivity contribution in [3.05, 3.63) is 29.8 Å². The van der Waals surface area contributed by atoms with E-state index in [0.29, 0.717) is 11.3 Å². The molecule has 0 saturated heterocycles. The van der Waals surface area contributed by atoms with Gasteiger partial charge in [-0.05, 0) is 11.6 Å². The van der Waals surface area contributed by atoms with Gasteiger partial charge in [0.1, 0.15) is 0 Å². The van der Waals surface area contributed by atoms with Crippen molar-refractivity contribution < 1.29 is 14.4 Å². The monoisotopic (exact) mass is 187 g/mol. The van der Waals surface area contributed by atoms with E-state index in [0.717, 1.165) is 0 Å². The molecule has 0 unspecified atom stereocenters. The van der Waals surface area contributed by atoms with Gasteiger partial charge in [0.2, 0.25) is 0 Å². The molecule has 0 aliphatic rings. The van der Waals surface area contributed by atoms with Crippen molar-refractivity contribution in [2.75, 3.05) is 5.73 Å². The van der Waals surface area contributed by atoms with Crippen LogP contribution in [0.15, 0.2) is 24.3 Å². The van der Waals surface area contributed by atoms with Gasteiger partial charge < -0.3 is 15.5 Å². The molecule has 4 nitrogen and oxygen atoms in total. The molecule has 0 fully saturated rings. The minimum atomic E-state index is -3.99. The van der Waals surface area contributed by atoms with Gasteiger partial charge in [0, 0.05) is 5.69 Å². The molecular formula is C7H10NO3P. The number of benzene rings is 1. The lowest BCUT2D eigenvalue weighted by atomic mass is 10.2. The summed E-state index contributed by atoms with van der Waals surface area (Å²) < 4.78 is 10.6. The normalized spacial score (nSPS) is 11.5. The summed E-state index contributed by atoms with van der Waals surface area (Å²) in [6, 6.07) is 6.64. The number of hydrogen-bond donors (Lipinski definition) is 3. The van der Waals surface area contributed by atoms with Gasteiger partial charge in [-0.1, -0.05) is 18.2 Å². The lowest BCUT2D eigenvalue weighted by Crippen LogP contribution is -1.94. The molecule has 1 rings (SSSR count). The van der Waals surface area contributed by atoms with Gasteiger partial charge in [-0.15, -0.1) is 0 Å².